The molecule has 0 aromatic heterocycles. The SMILES string of the molecule is NC(CO)c1ccc(F)cc1.O=CO. The van der Waals surface area contributed by atoms with Gasteiger partial charge in [0.2, 0.25) is 0 Å². The molecular formula is C9H12FNO3. The van der Waals surface area contributed by atoms with Gasteiger partial charge in [-0.1, -0.05) is 12.1 Å². The number of hydrogen-bond donors (Lipinski definition) is 3. The number of carbonyl (C=O) groups is 1. The summed E-state index contributed by atoms with van der Waals surface area (Å²) in [6.07, 6.45) is 0. The summed E-state index contributed by atoms with van der Waals surface area (Å²) in [7, 11) is 0. The van der Waals surface area contributed by atoms with Gasteiger partial charge in [0, 0.05) is 0 Å². The largest absolute Gasteiger partial charge is 0.483 e. The van der Waals surface area contributed by atoms with Crippen LogP contribution in [-0.4, -0.2) is 23.3 Å². The Labute approximate surface area is 80.8 Å². The molecule has 4 N–H and O–H groups in total. The van der Waals surface area contributed by atoms with E-state index in [0.29, 0.717) is 0 Å². The van der Waals surface area contributed by atoms with Crippen molar-refractivity contribution in [2.75, 3.05) is 6.61 Å². The molecule has 0 heterocycles. The summed E-state index contributed by atoms with van der Waals surface area (Å²) in [6, 6.07) is 5.37. The molecule has 1 unspecified atom stereocenters. The molecule has 0 spiro atoms. The highest BCUT2D eigenvalue weighted by Gasteiger charge is 2.02. The van der Waals surface area contributed by atoms with Gasteiger partial charge >= 0.3 is 0 Å². The van der Waals surface area contributed by atoms with Crippen molar-refractivity contribution in [3.05, 3.63) is 35.6 Å². The summed E-state index contributed by atoms with van der Waals surface area (Å²) in [6.45, 7) is -0.369. The number of aliphatic hydroxyl groups excluding tert-OH is 1. The van der Waals surface area contributed by atoms with E-state index in [2.05, 4.69) is 0 Å². The van der Waals surface area contributed by atoms with Crippen molar-refractivity contribution >= 4 is 6.47 Å². The van der Waals surface area contributed by atoms with Crippen LogP contribution < -0.4 is 5.73 Å². The number of halogens is 1. The first kappa shape index (κ1) is 12.5. The Bertz CT molecular complexity index is 263. The maximum absolute atomic E-state index is 12.4. The normalized spacial score (nSPS) is 11.1. The number of nitrogens with two attached hydrogens (primary N) is 1. The first-order valence-electron chi connectivity index (χ1n) is 3.85. The van der Waals surface area contributed by atoms with Crippen LogP contribution in [0.25, 0.3) is 0 Å². The summed E-state index contributed by atoms with van der Waals surface area (Å²) < 4.78 is 12.4. The van der Waals surface area contributed by atoms with Crippen molar-refractivity contribution in [3.8, 4) is 0 Å². The zero-order chi connectivity index (χ0) is 11.0. The summed E-state index contributed by atoms with van der Waals surface area (Å²) in [4.78, 5) is 8.36. The number of carboxylic acid groups (broad SMARTS) is 1. The molecule has 0 aliphatic rings. The summed E-state index contributed by atoms with van der Waals surface area (Å²) in [5.41, 5.74) is 6.22. The van der Waals surface area contributed by atoms with Crippen molar-refractivity contribution in [1.29, 1.82) is 0 Å². The molecule has 0 bridgehead atoms. The maximum atomic E-state index is 12.4. The van der Waals surface area contributed by atoms with Gasteiger partial charge in [0.1, 0.15) is 5.82 Å². The fourth-order valence-corrected chi connectivity index (χ4v) is 0.815. The third-order valence-electron chi connectivity index (χ3n) is 1.49. The van der Waals surface area contributed by atoms with Gasteiger partial charge < -0.3 is 15.9 Å². The number of hydrogen-bond acceptors (Lipinski definition) is 3. The van der Waals surface area contributed by atoms with Gasteiger partial charge in [-0.2, -0.15) is 0 Å². The maximum Gasteiger partial charge on any atom is 0.290 e. The van der Waals surface area contributed by atoms with Crippen LogP contribution in [0.1, 0.15) is 11.6 Å². The van der Waals surface area contributed by atoms with E-state index in [1.165, 1.54) is 12.1 Å². The minimum atomic E-state index is -0.407. The summed E-state index contributed by atoms with van der Waals surface area (Å²) in [5, 5.41) is 15.5. The molecular weight excluding hydrogens is 189 g/mol. The summed E-state index contributed by atoms with van der Waals surface area (Å²) in [5.74, 6) is -0.293. The second kappa shape index (κ2) is 6.99. The van der Waals surface area contributed by atoms with Crippen LogP contribution in [0.2, 0.25) is 0 Å². The van der Waals surface area contributed by atoms with E-state index in [4.69, 9.17) is 20.7 Å². The van der Waals surface area contributed by atoms with Crippen molar-refractivity contribution in [1.82, 2.24) is 0 Å². The van der Waals surface area contributed by atoms with E-state index in [1.807, 2.05) is 0 Å². The van der Waals surface area contributed by atoms with E-state index in [0.717, 1.165) is 5.56 Å². The third kappa shape index (κ3) is 4.54. The zero-order valence-corrected chi connectivity index (χ0v) is 7.43. The zero-order valence-electron chi connectivity index (χ0n) is 7.43. The standard InChI is InChI=1S/C8H10FNO.CH2O2/c9-7-3-1-6(2-4-7)8(10)5-11;2-1-3/h1-4,8,11H,5,10H2;1H,(H,2,3). The predicted octanol–water partition coefficient (Wildman–Crippen LogP) is 0.519. The highest BCUT2D eigenvalue weighted by atomic mass is 19.1. The lowest BCUT2D eigenvalue weighted by Crippen LogP contribution is -2.14. The van der Waals surface area contributed by atoms with Crippen LogP contribution in [0.15, 0.2) is 24.3 Å². The topological polar surface area (TPSA) is 83.5 Å². The lowest BCUT2D eigenvalue weighted by atomic mass is 10.1. The van der Waals surface area contributed by atoms with Crippen molar-refractivity contribution in [3.63, 3.8) is 0 Å². The van der Waals surface area contributed by atoms with E-state index in [9.17, 15) is 4.39 Å². The second-order valence-corrected chi connectivity index (χ2v) is 2.45. The van der Waals surface area contributed by atoms with Gasteiger partial charge in [-0.25, -0.2) is 4.39 Å². The molecule has 1 aromatic rings. The average Bonchev–Trinajstić information content (AvgIpc) is 2.19. The van der Waals surface area contributed by atoms with Gasteiger partial charge in [-0.3, -0.25) is 4.79 Å². The Morgan fingerprint density at radius 2 is 1.86 bits per heavy atom. The highest BCUT2D eigenvalue weighted by molar-refractivity contribution is 5.32. The van der Waals surface area contributed by atoms with Crippen LogP contribution in [0.3, 0.4) is 0 Å². The first-order chi connectivity index (χ1) is 6.65. The van der Waals surface area contributed by atoms with E-state index in [1.54, 1.807) is 12.1 Å². The Morgan fingerprint density at radius 1 is 1.43 bits per heavy atom. The second-order valence-electron chi connectivity index (χ2n) is 2.45. The van der Waals surface area contributed by atoms with Gasteiger partial charge in [-0.15, -0.1) is 0 Å². The lowest BCUT2D eigenvalue weighted by Gasteiger charge is -2.06. The van der Waals surface area contributed by atoms with Crippen LogP contribution in [0.5, 0.6) is 0 Å². The molecule has 1 atom stereocenters. The first-order valence-corrected chi connectivity index (χ1v) is 3.85. The Kier molecular flexibility index (Phi) is 6.26. The molecule has 0 fully saturated rings. The molecule has 0 amide bonds. The Balaban J connectivity index is 0.000000500. The predicted molar refractivity (Wildman–Crippen MR) is 49.1 cm³/mol. The lowest BCUT2D eigenvalue weighted by molar-refractivity contribution is -0.122. The van der Waals surface area contributed by atoms with Crippen LogP contribution in [-0.2, 0) is 4.79 Å². The molecule has 78 valence electrons. The van der Waals surface area contributed by atoms with E-state index >= 15 is 0 Å². The smallest absolute Gasteiger partial charge is 0.290 e. The van der Waals surface area contributed by atoms with E-state index in [-0.39, 0.29) is 18.9 Å². The van der Waals surface area contributed by atoms with Crippen LogP contribution in [0, 0.1) is 5.82 Å². The molecule has 4 nitrogen and oxygen atoms in total. The number of benzene rings is 1. The monoisotopic (exact) mass is 201 g/mol. The van der Waals surface area contributed by atoms with Crippen molar-refractivity contribution in [2.45, 2.75) is 6.04 Å². The Morgan fingerprint density at radius 3 is 2.21 bits per heavy atom. The molecule has 1 aromatic carbocycles. The molecule has 5 heteroatoms. The molecule has 1 rings (SSSR count). The minimum absolute atomic E-state index is 0.119. The molecule has 0 radical (unpaired) electrons. The highest BCUT2D eigenvalue weighted by Crippen LogP contribution is 2.09. The van der Waals surface area contributed by atoms with Gasteiger partial charge in [0.05, 0.1) is 12.6 Å². The fraction of sp³-hybridized carbons (Fsp3) is 0.222. The number of aliphatic hydroxyl groups is 1. The van der Waals surface area contributed by atoms with E-state index < -0.39 is 6.04 Å². The van der Waals surface area contributed by atoms with Crippen molar-refractivity contribution in [2.24, 2.45) is 5.73 Å². The fourth-order valence-electron chi connectivity index (χ4n) is 0.815. The molecule has 0 saturated heterocycles. The van der Waals surface area contributed by atoms with Gasteiger partial charge in [0.25, 0.3) is 6.47 Å². The van der Waals surface area contributed by atoms with Crippen LogP contribution in [0.4, 0.5) is 4.39 Å². The van der Waals surface area contributed by atoms with Crippen molar-refractivity contribution < 1.29 is 19.4 Å². The third-order valence-corrected chi connectivity index (χ3v) is 1.49. The minimum Gasteiger partial charge on any atom is -0.483 e. The quantitative estimate of drug-likeness (QED) is 0.609. The average molecular weight is 201 g/mol. The molecule has 0 saturated carbocycles. The molecule has 14 heavy (non-hydrogen) atoms. The molecule has 0 aliphatic carbocycles. The van der Waals surface area contributed by atoms with Crippen LogP contribution >= 0.6 is 0 Å². The Hall–Kier alpha value is -1.46. The number of rotatable bonds is 2. The van der Waals surface area contributed by atoms with Gasteiger partial charge in [-0.05, 0) is 17.7 Å². The molecule has 0 aliphatic heterocycles. The summed E-state index contributed by atoms with van der Waals surface area (Å²) >= 11 is 0. The van der Waals surface area contributed by atoms with Gasteiger partial charge in [0.15, 0.2) is 0 Å².